The Kier molecular flexibility index (Phi) is 47.6. The van der Waals surface area contributed by atoms with Crippen LogP contribution >= 0.6 is 0 Å². The van der Waals surface area contributed by atoms with E-state index < -0.39 is 67.3 Å². The molecular weight excluding hydrogens is 973 g/mol. The van der Waals surface area contributed by atoms with Crippen LogP contribution in [0.25, 0.3) is 0 Å². The normalized spacial score (nSPS) is 18.8. The Morgan fingerprint density at radius 1 is 0.442 bits per heavy atom. The standard InChI is InChI=1S/C65H104O12/c1-4-7-10-13-16-19-22-25-28-29-32-33-36-39-42-45-48-51-57(66)73-54-56(75-58(67)52-49-46-43-40-37-34-30-26-23-20-17-14-11-8-5-2)55-74-65-63(61(70)60(69)62(77-65)64(71)72)76-59(68)53-50-47-44-41-38-35-31-27-24-21-18-15-12-9-6-3/h8-9,11-12,16-21,25-28,30-31,38,41,56,60-63,65,69-70H,4-7,10,13-15,22-24,29,32-37,39-40,42-55H2,1-3H3,(H,71,72)/b11-8-,12-9-,19-16-,20-17-,21-18-,28-25-,30-26-,31-27-,41-38-. The van der Waals surface area contributed by atoms with Gasteiger partial charge in [-0.05, 0) is 122 Å². The highest BCUT2D eigenvalue weighted by atomic mass is 16.7. The Balaban J connectivity index is 2.73. The van der Waals surface area contributed by atoms with Crippen LogP contribution in [0.5, 0.6) is 0 Å². The fraction of sp³-hybridized carbons (Fsp3) is 0.662. The number of hydrogen-bond acceptors (Lipinski definition) is 11. The average Bonchev–Trinajstić information content (AvgIpc) is 3.43. The Morgan fingerprint density at radius 3 is 1.27 bits per heavy atom. The second kappa shape index (κ2) is 52.1. The lowest BCUT2D eigenvalue weighted by Crippen LogP contribution is -2.61. The highest BCUT2D eigenvalue weighted by Crippen LogP contribution is 2.26. The monoisotopic (exact) mass is 1080 g/mol. The molecule has 3 N–H and O–H groups in total. The number of aliphatic carboxylic acids is 1. The van der Waals surface area contributed by atoms with E-state index in [2.05, 4.69) is 130 Å². The fourth-order valence-electron chi connectivity index (χ4n) is 8.28. The molecule has 1 aliphatic heterocycles. The van der Waals surface area contributed by atoms with E-state index >= 15 is 0 Å². The van der Waals surface area contributed by atoms with E-state index in [4.69, 9.17) is 23.7 Å². The van der Waals surface area contributed by atoms with Crippen LogP contribution in [0.4, 0.5) is 0 Å². The Labute approximate surface area is 465 Å². The van der Waals surface area contributed by atoms with Gasteiger partial charge in [0.1, 0.15) is 18.8 Å². The summed E-state index contributed by atoms with van der Waals surface area (Å²) in [5.74, 6) is -3.22. The zero-order chi connectivity index (χ0) is 56.1. The maximum atomic E-state index is 13.2. The molecule has 0 saturated carbocycles. The van der Waals surface area contributed by atoms with Gasteiger partial charge < -0.3 is 39.0 Å². The zero-order valence-electron chi connectivity index (χ0n) is 47.9. The van der Waals surface area contributed by atoms with Crippen LogP contribution in [0.2, 0.25) is 0 Å². The minimum atomic E-state index is -1.93. The van der Waals surface area contributed by atoms with Crippen LogP contribution in [0.15, 0.2) is 109 Å². The maximum absolute atomic E-state index is 13.2. The summed E-state index contributed by atoms with van der Waals surface area (Å²) in [5, 5.41) is 31.5. The van der Waals surface area contributed by atoms with Crippen molar-refractivity contribution in [1.29, 1.82) is 0 Å². The molecule has 6 atom stereocenters. The second-order valence-electron chi connectivity index (χ2n) is 19.9. The fourth-order valence-corrected chi connectivity index (χ4v) is 8.28. The maximum Gasteiger partial charge on any atom is 0.335 e. The average molecular weight is 1080 g/mol. The molecule has 0 amide bonds. The summed E-state index contributed by atoms with van der Waals surface area (Å²) < 4.78 is 28.4. The van der Waals surface area contributed by atoms with E-state index in [0.717, 1.165) is 122 Å². The summed E-state index contributed by atoms with van der Waals surface area (Å²) in [4.78, 5) is 51.2. The number of ether oxygens (including phenoxy) is 5. The third kappa shape index (κ3) is 42.1. The van der Waals surface area contributed by atoms with Crippen LogP contribution in [0, 0.1) is 0 Å². The number of aliphatic hydroxyl groups excluding tert-OH is 2. The van der Waals surface area contributed by atoms with Gasteiger partial charge >= 0.3 is 23.9 Å². The molecule has 0 spiro atoms. The number of rotatable bonds is 49. The number of carbonyl (C=O) groups is 4. The number of unbranched alkanes of at least 4 members (excludes halogenated alkanes) is 17. The lowest BCUT2D eigenvalue weighted by Gasteiger charge is -2.40. The van der Waals surface area contributed by atoms with Crippen LogP contribution in [0.3, 0.4) is 0 Å². The van der Waals surface area contributed by atoms with Crippen molar-refractivity contribution >= 4 is 23.9 Å². The third-order valence-corrected chi connectivity index (χ3v) is 12.8. The molecule has 1 aliphatic rings. The van der Waals surface area contributed by atoms with Crippen molar-refractivity contribution in [3.05, 3.63) is 109 Å². The van der Waals surface area contributed by atoms with Gasteiger partial charge in [0, 0.05) is 19.3 Å². The SMILES string of the molecule is CC/C=C\C/C=C\C/C=C\C/C=C\CCCCC(=O)OC1C(OCC(COC(=O)CCCCCCCCC/C=C\C/C=C\CCCCC)OC(=O)CCCCCCC/C=C\C/C=C\C/C=C\CC)OC(C(=O)O)C(O)C1O. The third-order valence-electron chi connectivity index (χ3n) is 12.8. The molecule has 12 heteroatoms. The highest BCUT2D eigenvalue weighted by Gasteiger charge is 2.50. The summed E-state index contributed by atoms with van der Waals surface area (Å²) in [6, 6.07) is 0. The molecule has 1 fully saturated rings. The first kappa shape index (κ1) is 70.4. The quantitative estimate of drug-likeness (QED) is 0.0228. The molecule has 1 rings (SSSR count). The molecule has 0 aliphatic carbocycles. The van der Waals surface area contributed by atoms with Crippen LogP contribution in [-0.4, -0.2) is 89.2 Å². The number of carbonyl (C=O) groups excluding carboxylic acids is 3. The molecule has 0 aromatic heterocycles. The first-order chi connectivity index (χ1) is 37.6. The summed E-state index contributed by atoms with van der Waals surface area (Å²) in [6.45, 7) is 5.69. The predicted octanol–water partition coefficient (Wildman–Crippen LogP) is 15.4. The second-order valence-corrected chi connectivity index (χ2v) is 19.9. The van der Waals surface area contributed by atoms with Crippen LogP contribution in [0.1, 0.15) is 226 Å². The molecule has 436 valence electrons. The number of carboxylic acid groups (broad SMARTS) is 1. The molecule has 1 heterocycles. The van der Waals surface area contributed by atoms with Crippen LogP contribution in [-0.2, 0) is 42.9 Å². The number of allylic oxidation sites excluding steroid dienone is 18. The van der Waals surface area contributed by atoms with Gasteiger partial charge in [-0.2, -0.15) is 0 Å². The molecular formula is C65H104O12. The molecule has 12 nitrogen and oxygen atoms in total. The lowest BCUT2D eigenvalue weighted by molar-refractivity contribution is -0.301. The molecule has 0 aromatic rings. The van der Waals surface area contributed by atoms with Crippen LogP contribution < -0.4 is 0 Å². The van der Waals surface area contributed by atoms with E-state index in [-0.39, 0.29) is 25.9 Å². The van der Waals surface area contributed by atoms with Crippen molar-refractivity contribution in [3.8, 4) is 0 Å². The van der Waals surface area contributed by atoms with Gasteiger partial charge in [0.15, 0.2) is 24.6 Å². The van der Waals surface area contributed by atoms with Gasteiger partial charge in [0.05, 0.1) is 6.61 Å². The van der Waals surface area contributed by atoms with Crippen molar-refractivity contribution in [1.82, 2.24) is 0 Å². The molecule has 1 saturated heterocycles. The van der Waals surface area contributed by atoms with Gasteiger partial charge in [0.25, 0.3) is 0 Å². The van der Waals surface area contributed by atoms with E-state index in [0.29, 0.717) is 25.7 Å². The van der Waals surface area contributed by atoms with Gasteiger partial charge in [0.2, 0.25) is 0 Å². The predicted molar refractivity (Wildman–Crippen MR) is 312 cm³/mol. The molecule has 0 bridgehead atoms. The number of esters is 3. The minimum Gasteiger partial charge on any atom is -0.479 e. The molecule has 0 aromatic carbocycles. The summed E-state index contributed by atoms with van der Waals surface area (Å²) in [5.41, 5.74) is 0. The smallest absolute Gasteiger partial charge is 0.335 e. The number of aliphatic hydroxyl groups is 2. The Morgan fingerprint density at radius 2 is 0.818 bits per heavy atom. The van der Waals surface area contributed by atoms with Crippen molar-refractivity contribution in [2.75, 3.05) is 13.2 Å². The van der Waals surface area contributed by atoms with E-state index in [1.54, 1.807) is 0 Å². The first-order valence-corrected chi connectivity index (χ1v) is 29.9. The first-order valence-electron chi connectivity index (χ1n) is 29.9. The molecule has 6 unspecified atom stereocenters. The van der Waals surface area contributed by atoms with Gasteiger partial charge in [-0.1, -0.05) is 194 Å². The Bertz CT molecular complexity index is 1750. The van der Waals surface area contributed by atoms with Gasteiger partial charge in [-0.15, -0.1) is 0 Å². The largest absolute Gasteiger partial charge is 0.479 e. The number of hydrogen-bond donors (Lipinski definition) is 3. The highest BCUT2D eigenvalue weighted by molar-refractivity contribution is 5.74. The van der Waals surface area contributed by atoms with Crippen molar-refractivity contribution < 1.29 is 58.2 Å². The summed E-state index contributed by atoms with van der Waals surface area (Å²) in [7, 11) is 0. The van der Waals surface area contributed by atoms with Gasteiger partial charge in [-0.3, -0.25) is 14.4 Å². The van der Waals surface area contributed by atoms with E-state index in [1.807, 2.05) is 0 Å². The van der Waals surface area contributed by atoms with E-state index in [9.17, 15) is 34.5 Å². The van der Waals surface area contributed by atoms with Crippen molar-refractivity contribution in [2.45, 2.75) is 263 Å². The topological polar surface area (TPSA) is 175 Å². The van der Waals surface area contributed by atoms with Crippen molar-refractivity contribution in [3.63, 3.8) is 0 Å². The minimum absolute atomic E-state index is 0.000170. The molecule has 0 radical (unpaired) electrons. The van der Waals surface area contributed by atoms with Gasteiger partial charge in [-0.25, -0.2) is 4.79 Å². The summed E-state index contributed by atoms with van der Waals surface area (Å²) >= 11 is 0. The van der Waals surface area contributed by atoms with Crippen molar-refractivity contribution in [2.24, 2.45) is 0 Å². The lowest BCUT2D eigenvalue weighted by atomic mass is 9.98. The van der Waals surface area contributed by atoms with E-state index in [1.165, 1.54) is 38.5 Å². The summed E-state index contributed by atoms with van der Waals surface area (Å²) in [6.07, 6.45) is 57.7. The number of carboxylic acids is 1. The Hall–Kier alpha value is -4.62. The molecule has 77 heavy (non-hydrogen) atoms. The zero-order valence-corrected chi connectivity index (χ0v) is 47.9.